The number of carbonyl (C=O) groups is 3. The maximum atomic E-state index is 13.7. The lowest BCUT2D eigenvalue weighted by Crippen LogP contribution is -2.48. The van der Waals surface area contributed by atoms with Crippen molar-refractivity contribution in [2.45, 2.75) is 58.2 Å². The molecular weight excluding hydrogens is 524 g/mol. The van der Waals surface area contributed by atoms with E-state index in [0.717, 1.165) is 21.7 Å². The van der Waals surface area contributed by atoms with E-state index < -0.39 is 30.6 Å². The van der Waals surface area contributed by atoms with Gasteiger partial charge in [0, 0.05) is 19.0 Å². The molecule has 0 unspecified atom stereocenters. The van der Waals surface area contributed by atoms with Crippen molar-refractivity contribution in [3.8, 4) is 16.3 Å². The second-order valence-electron chi connectivity index (χ2n) is 9.99. The van der Waals surface area contributed by atoms with E-state index in [9.17, 15) is 19.5 Å². The Morgan fingerprint density at radius 1 is 1.23 bits per heavy atom. The molecule has 0 aliphatic carbocycles. The van der Waals surface area contributed by atoms with Crippen LogP contribution in [0.4, 0.5) is 0 Å². The van der Waals surface area contributed by atoms with E-state index in [1.165, 1.54) is 11.0 Å². The minimum absolute atomic E-state index is 0.00786. The van der Waals surface area contributed by atoms with E-state index >= 15 is 0 Å². The van der Waals surface area contributed by atoms with E-state index in [4.69, 9.17) is 14.4 Å². The van der Waals surface area contributed by atoms with Gasteiger partial charge in [0.05, 0.1) is 28.2 Å². The number of aliphatic carboxylic acids is 1. The number of aliphatic hydroxyl groups excluding tert-OH is 1. The van der Waals surface area contributed by atoms with Crippen LogP contribution in [0.15, 0.2) is 40.4 Å². The average Bonchev–Trinajstić information content (AvgIpc) is 3.62. The highest BCUT2D eigenvalue weighted by Gasteiger charge is 2.43. The van der Waals surface area contributed by atoms with Gasteiger partial charge < -0.3 is 29.7 Å². The zero-order valence-electron chi connectivity index (χ0n) is 22.2. The van der Waals surface area contributed by atoms with Gasteiger partial charge in [-0.1, -0.05) is 38.1 Å². The van der Waals surface area contributed by atoms with E-state index in [-0.39, 0.29) is 48.4 Å². The van der Waals surface area contributed by atoms with Crippen molar-refractivity contribution < 1.29 is 33.9 Å². The van der Waals surface area contributed by atoms with E-state index in [0.29, 0.717) is 0 Å². The summed E-state index contributed by atoms with van der Waals surface area (Å²) in [7, 11) is 0. The second-order valence-corrected chi connectivity index (χ2v) is 10.8. The number of ether oxygens (including phenoxy) is 1. The van der Waals surface area contributed by atoms with Crippen molar-refractivity contribution in [2.75, 3.05) is 13.2 Å². The number of carbonyl (C=O) groups excluding carboxylic acids is 2. The molecule has 4 rings (SSSR count). The fraction of sp³-hybridized carbons (Fsp3) is 0.444. The number of likely N-dealkylation sites (tertiary alicyclic amines) is 1. The quantitative estimate of drug-likeness (QED) is 0.341. The molecular formula is C27H32N4O7S. The Morgan fingerprint density at radius 2 is 1.95 bits per heavy atom. The van der Waals surface area contributed by atoms with Crippen LogP contribution in [0.1, 0.15) is 56.2 Å². The monoisotopic (exact) mass is 556 g/mol. The first-order valence-corrected chi connectivity index (χ1v) is 13.5. The number of aryl methyl sites for hydroxylation is 1. The lowest BCUT2D eigenvalue weighted by molar-refractivity contribution is -0.141. The predicted octanol–water partition coefficient (Wildman–Crippen LogP) is 3.15. The van der Waals surface area contributed by atoms with Gasteiger partial charge >= 0.3 is 5.97 Å². The van der Waals surface area contributed by atoms with Crippen molar-refractivity contribution >= 4 is 29.1 Å². The van der Waals surface area contributed by atoms with Gasteiger partial charge in [-0.3, -0.25) is 9.59 Å². The van der Waals surface area contributed by atoms with E-state index in [2.05, 4.69) is 15.5 Å². The molecule has 3 N–H and O–H groups in total. The van der Waals surface area contributed by atoms with Crippen LogP contribution in [0.2, 0.25) is 0 Å². The average molecular weight is 557 g/mol. The summed E-state index contributed by atoms with van der Waals surface area (Å²) in [6, 6.07) is 8.09. The van der Waals surface area contributed by atoms with Gasteiger partial charge in [0.2, 0.25) is 11.8 Å². The predicted molar refractivity (Wildman–Crippen MR) is 142 cm³/mol. The maximum Gasteiger partial charge on any atom is 0.341 e. The van der Waals surface area contributed by atoms with Crippen LogP contribution in [0.3, 0.4) is 0 Å². The molecule has 208 valence electrons. The normalized spacial score (nSPS) is 18.7. The summed E-state index contributed by atoms with van der Waals surface area (Å²) in [6.45, 7) is 6.89. The van der Waals surface area contributed by atoms with Gasteiger partial charge in [-0.15, -0.1) is 11.3 Å². The fourth-order valence-corrected chi connectivity index (χ4v) is 5.55. The highest BCUT2D eigenvalue weighted by atomic mass is 32.1. The molecule has 12 heteroatoms. The minimum Gasteiger partial charge on any atom is -0.479 e. The standard InChI is InChI=1S/C27H32N4O7S/c1-14(2)24(21-10-22(30-38-21)37-12-23(33)34)27(36)31-11-19(32)9-20(31)26(35)29-15(3)17-5-7-18(8-6-17)25-16(4)28-13-39-25/h5-8,10,13-15,19-20,24,32H,9,11-12H2,1-4H3,(H,29,35)(H,33,34)/t15-,19+,20-,24+/m0/s1. The number of nitrogens with zero attached hydrogens (tertiary/aromatic N) is 3. The molecule has 0 bridgehead atoms. The van der Waals surface area contributed by atoms with E-state index in [1.807, 2.05) is 57.5 Å². The first-order valence-electron chi connectivity index (χ1n) is 12.7. The molecule has 1 aromatic carbocycles. The summed E-state index contributed by atoms with van der Waals surface area (Å²) in [5.41, 5.74) is 4.73. The van der Waals surface area contributed by atoms with Gasteiger partial charge in [-0.05, 0) is 36.0 Å². The highest BCUT2D eigenvalue weighted by molar-refractivity contribution is 7.13. The smallest absolute Gasteiger partial charge is 0.341 e. The number of thiazole rings is 1. The minimum atomic E-state index is -1.17. The van der Waals surface area contributed by atoms with Crippen molar-refractivity contribution in [1.29, 1.82) is 0 Å². The zero-order valence-corrected chi connectivity index (χ0v) is 23.0. The Bertz CT molecular complexity index is 1320. The number of aliphatic hydroxyl groups is 1. The van der Waals surface area contributed by atoms with Crippen LogP contribution in [0, 0.1) is 12.8 Å². The van der Waals surface area contributed by atoms with Gasteiger partial charge in [0.25, 0.3) is 5.88 Å². The number of rotatable bonds is 10. The first kappa shape index (κ1) is 28.2. The van der Waals surface area contributed by atoms with Crippen molar-refractivity contribution in [1.82, 2.24) is 20.4 Å². The number of hydrogen-bond acceptors (Lipinski definition) is 9. The summed E-state index contributed by atoms with van der Waals surface area (Å²) >= 11 is 1.57. The number of hydrogen-bond donors (Lipinski definition) is 3. The summed E-state index contributed by atoms with van der Waals surface area (Å²) in [5.74, 6) is -2.82. The van der Waals surface area contributed by atoms with Gasteiger partial charge in [0.15, 0.2) is 12.4 Å². The maximum absolute atomic E-state index is 13.7. The van der Waals surface area contributed by atoms with Crippen LogP contribution in [-0.4, -0.2) is 68.3 Å². The molecule has 1 saturated heterocycles. The van der Waals surface area contributed by atoms with Crippen molar-refractivity contribution in [3.63, 3.8) is 0 Å². The zero-order chi connectivity index (χ0) is 28.3. The molecule has 4 atom stereocenters. The Kier molecular flexibility index (Phi) is 8.66. The lowest BCUT2D eigenvalue weighted by Gasteiger charge is -2.29. The summed E-state index contributed by atoms with van der Waals surface area (Å²) in [4.78, 5) is 44.5. The first-order chi connectivity index (χ1) is 18.5. The van der Waals surface area contributed by atoms with E-state index in [1.54, 1.807) is 11.3 Å². The third-order valence-electron chi connectivity index (χ3n) is 6.73. The summed E-state index contributed by atoms with van der Waals surface area (Å²) < 4.78 is 10.4. The molecule has 39 heavy (non-hydrogen) atoms. The molecule has 1 aliphatic rings. The van der Waals surface area contributed by atoms with Crippen molar-refractivity contribution in [2.24, 2.45) is 5.92 Å². The molecule has 3 aromatic rings. The molecule has 0 radical (unpaired) electrons. The number of nitrogens with one attached hydrogen (secondary N) is 1. The molecule has 11 nitrogen and oxygen atoms in total. The Balaban J connectivity index is 1.46. The number of carboxylic acid groups (broad SMARTS) is 1. The molecule has 1 fully saturated rings. The largest absolute Gasteiger partial charge is 0.479 e. The summed E-state index contributed by atoms with van der Waals surface area (Å²) in [5, 5.41) is 25.9. The van der Waals surface area contributed by atoms with Gasteiger partial charge in [0.1, 0.15) is 12.0 Å². The molecule has 2 aromatic heterocycles. The summed E-state index contributed by atoms with van der Waals surface area (Å²) in [6.07, 6.45) is -0.735. The molecule has 3 heterocycles. The number of aromatic nitrogens is 2. The lowest BCUT2D eigenvalue weighted by atomic mass is 9.91. The van der Waals surface area contributed by atoms with Gasteiger partial charge in [-0.25, -0.2) is 9.78 Å². The molecule has 0 spiro atoms. The molecule has 0 saturated carbocycles. The van der Waals surface area contributed by atoms with Crippen LogP contribution in [-0.2, 0) is 14.4 Å². The number of β-amino-alcohol motifs (C(OH)–C–C–N with tert-alkyl or cyclic N) is 1. The number of amides is 2. The fourth-order valence-electron chi connectivity index (χ4n) is 4.74. The van der Waals surface area contributed by atoms with Crippen LogP contribution >= 0.6 is 11.3 Å². The third-order valence-corrected chi connectivity index (χ3v) is 7.71. The Morgan fingerprint density at radius 3 is 2.56 bits per heavy atom. The number of benzene rings is 1. The topological polar surface area (TPSA) is 155 Å². The van der Waals surface area contributed by atoms with Gasteiger partial charge in [-0.2, -0.15) is 0 Å². The highest BCUT2D eigenvalue weighted by Crippen LogP contribution is 2.33. The Labute approximate surface area is 229 Å². The molecule has 2 amide bonds. The Hall–Kier alpha value is -3.77. The SMILES string of the molecule is Cc1ncsc1-c1ccc([C@H](C)NC(=O)[C@@H]2C[C@@H](O)CN2C(=O)[C@@H](c2cc(OCC(=O)O)no2)C(C)C)cc1. The van der Waals surface area contributed by atoms with Crippen LogP contribution in [0.5, 0.6) is 5.88 Å². The van der Waals surface area contributed by atoms with Crippen LogP contribution in [0.25, 0.3) is 10.4 Å². The van der Waals surface area contributed by atoms with Crippen LogP contribution < -0.4 is 10.1 Å². The second kappa shape index (κ2) is 12.0. The number of carboxylic acids is 1. The molecule has 1 aliphatic heterocycles. The van der Waals surface area contributed by atoms with Crippen molar-refractivity contribution in [3.05, 3.63) is 52.9 Å². The third kappa shape index (κ3) is 6.45.